The van der Waals surface area contributed by atoms with E-state index in [4.69, 9.17) is 9.97 Å². The van der Waals surface area contributed by atoms with Crippen molar-refractivity contribution < 1.29 is 0 Å². The van der Waals surface area contributed by atoms with Gasteiger partial charge in [0.1, 0.15) is 0 Å². The monoisotopic (exact) mass is 705 g/mol. The van der Waals surface area contributed by atoms with Crippen molar-refractivity contribution in [1.29, 1.82) is 0 Å². The van der Waals surface area contributed by atoms with E-state index < -0.39 is 0 Å². The first kappa shape index (κ1) is 31.9. The number of benzene rings is 7. The topological polar surface area (TPSA) is 30.7 Å². The van der Waals surface area contributed by atoms with E-state index in [2.05, 4.69) is 172 Å². The van der Waals surface area contributed by atoms with Crippen molar-refractivity contribution in [2.75, 3.05) is 0 Å². The van der Waals surface area contributed by atoms with Crippen molar-refractivity contribution >= 4 is 21.8 Å². The number of fused-ring (bicyclic) bond motifs is 12. The number of aromatic nitrogens is 3. The van der Waals surface area contributed by atoms with E-state index in [1.165, 1.54) is 66.3 Å². The summed E-state index contributed by atoms with van der Waals surface area (Å²) in [6.07, 6.45) is 0. The van der Waals surface area contributed by atoms with E-state index >= 15 is 0 Å². The lowest BCUT2D eigenvalue weighted by molar-refractivity contribution is 0.658. The highest BCUT2D eigenvalue weighted by Gasteiger charge is 2.47. The Kier molecular flexibility index (Phi) is 6.65. The molecule has 55 heavy (non-hydrogen) atoms. The standard InChI is InChI=1S/C52H39N3/c1-51(2)39-24-14-11-21-36(39)44-45-37-22-12-15-25-40(37)52(3,4)48(45)49-46(47(44)51)38-23-13-16-26-43(38)55(49)35-29-27-33(28-30-35)42-31-41(32-17-7-5-8-18-32)53-50(54-42)34-19-9-6-10-20-34/h5-31H,1-4H3. The highest BCUT2D eigenvalue weighted by Crippen LogP contribution is 2.63. The lowest BCUT2D eigenvalue weighted by Crippen LogP contribution is -2.19. The third kappa shape index (κ3) is 4.44. The van der Waals surface area contributed by atoms with Gasteiger partial charge in [0.25, 0.3) is 0 Å². The van der Waals surface area contributed by atoms with Gasteiger partial charge in [-0.15, -0.1) is 0 Å². The molecule has 2 heterocycles. The maximum Gasteiger partial charge on any atom is 0.160 e. The molecule has 262 valence electrons. The predicted octanol–water partition coefficient (Wildman–Crippen LogP) is 13.2. The molecule has 0 bridgehead atoms. The van der Waals surface area contributed by atoms with Gasteiger partial charge in [-0.25, -0.2) is 9.97 Å². The highest BCUT2D eigenvalue weighted by molar-refractivity contribution is 6.20. The minimum atomic E-state index is -0.213. The van der Waals surface area contributed by atoms with Crippen LogP contribution in [0.4, 0.5) is 0 Å². The van der Waals surface area contributed by atoms with Gasteiger partial charge in [0, 0.05) is 44.0 Å². The molecule has 0 saturated heterocycles. The molecule has 0 unspecified atom stereocenters. The summed E-state index contributed by atoms with van der Waals surface area (Å²) in [6, 6.07) is 59.0. The molecule has 0 aliphatic heterocycles. The van der Waals surface area contributed by atoms with Crippen molar-refractivity contribution in [3.63, 3.8) is 0 Å². The Morgan fingerprint density at radius 3 is 1.58 bits per heavy atom. The van der Waals surface area contributed by atoms with Gasteiger partial charge in [0.05, 0.1) is 22.4 Å². The van der Waals surface area contributed by atoms with Gasteiger partial charge < -0.3 is 4.57 Å². The summed E-state index contributed by atoms with van der Waals surface area (Å²) < 4.78 is 2.55. The van der Waals surface area contributed by atoms with Gasteiger partial charge in [0.15, 0.2) is 5.82 Å². The van der Waals surface area contributed by atoms with E-state index in [9.17, 15) is 0 Å². The zero-order valence-corrected chi connectivity index (χ0v) is 31.4. The molecule has 3 heteroatoms. The normalized spacial score (nSPS) is 14.5. The van der Waals surface area contributed by atoms with Gasteiger partial charge in [-0.1, -0.05) is 167 Å². The number of hydrogen-bond donors (Lipinski definition) is 0. The molecule has 0 fully saturated rings. The van der Waals surface area contributed by atoms with Gasteiger partial charge in [-0.2, -0.15) is 0 Å². The summed E-state index contributed by atoms with van der Waals surface area (Å²) >= 11 is 0. The zero-order chi connectivity index (χ0) is 37.1. The summed E-state index contributed by atoms with van der Waals surface area (Å²) in [7, 11) is 0. The SMILES string of the molecule is CC1(C)c2ccccc2-c2c3c(c4c(c21)c1ccccc1n4-c1ccc(-c2cc(-c4ccccc4)nc(-c4ccccc4)n2)cc1)C(C)(C)c1ccccc1-3. The first-order valence-electron chi connectivity index (χ1n) is 19.3. The van der Waals surface area contributed by atoms with Crippen LogP contribution in [-0.4, -0.2) is 14.5 Å². The summed E-state index contributed by atoms with van der Waals surface area (Å²) in [5, 5.41) is 2.66. The largest absolute Gasteiger partial charge is 0.309 e. The van der Waals surface area contributed by atoms with Crippen molar-refractivity contribution in [2.45, 2.75) is 38.5 Å². The molecule has 2 aliphatic rings. The van der Waals surface area contributed by atoms with Gasteiger partial charge in [0.2, 0.25) is 0 Å². The Balaban J connectivity index is 1.18. The van der Waals surface area contributed by atoms with Crippen LogP contribution in [0, 0.1) is 0 Å². The minimum absolute atomic E-state index is 0.181. The van der Waals surface area contributed by atoms with Crippen molar-refractivity contribution in [3.05, 3.63) is 186 Å². The van der Waals surface area contributed by atoms with E-state index in [0.717, 1.165) is 39.6 Å². The Hall–Kier alpha value is -6.58. The van der Waals surface area contributed by atoms with E-state index in [1.807, 2.05) is 24.3 Å². The van der Waals surface area contributed by atoms with Crippen molar-refractivity contribution in [1.82, 2.24) is 14.5 Å². The van der Waals surface area contributed by atoms with Crippen LogP contribution in [0.5, 0.6) is 0 Å². The Labute approximate surface area is 321 Å². The molecular formula is C52H39N3. The molecule has 7 aromatic carbocycles. The Morgan fingerprint density at radius 2 is 0.945 bits per heavy atom. The lowest BCUT2D eigenvalue weighted by atomic mass is 9.76. The number of rotatable bonds is 4. The summed E-state index contributed by atoms with van der Waals surface area (Å²) in [5.74, 6) is 0.721. The predicted molar refractivity (Wildman–Crippen MR) is 228 cm³/mol. The summed E-state index contributed by atoms with van der Waals surface area (Å²) in [5.41, 5.74) is 19.4. The van der Waals surface area contributed by atoms with Crippen LogP contribution in [-0.2, 0) is 10.8 Å². The molecule has 9 aromatic rings. The average molecular weight is 706 g/mol. The molecule has 2 aromatic heterocycles. The number of hydrogen-bond acceptors (Lipinski definition) is 2. The van der Waals surface area contributed by atoms with Crippen LogP contribution in [0.2, 0.25) is 0 Å². The molecule has 0 radical (unpaired) electrons. The first-order chi connectivity index (χ1) is 26.8. The lowest BCUT2D eigenvalue weighted by Gasteiger charge is -2.27. The molecule has 3 nitrogen and oxygen atoms in total. The third-order valence-corrected chi connectivity index (χ3v) is 12.3. The fourth-order valence-corrected chi connectivity index (χ4v) is 9.87. The number of nitrogens with zero attached hydrogens (tertiary/aromatic N) is 3. The number of para-hydroxylation sites is 1. The van der Waals surface area contributed by atoms with Crippen LogP contribution in [0.3, 0.4) is 0 Å². The summed E-state index contributed by atoms with van der Waals surface area (Å²) in [4.78, 5) is 10.2. The van der Waals surface area contributed by atoms with E-state index in [1.54, 1.807) is 0 Å². The molecule has 0 N–H and O–H groups in total. The molecule has 0 atom stereocenters. The third-order valence-electron chi connectivity index (χ3n) is 12.3. The van der Waals surface area contributed by atoms with E-state index in [0.29, 0.717) is 0 Å². The fraction of sp³-hybridized carbons (Fsp3) is 0.115. The zero-order valence-electron chi connectivity index (χ0n) is 31.4. The Bertz CT molecular complexity index is 2950. The molecule has 2 aliphatic carbocycles. The smallest absolute Gasteiger partial charge is 0.160 e. The highest BCUT2D eigenvalue weighted by atomic mass is 15.0. The van der Waals surface area contributed by atoms with Crippen LogP contribution in [0.15, 0.2) is 164 Å². The quantitative estimate of drug-likeness (QED) is 0.182. The second kappa shape index (κ2) is 11.5. The van der Waals surface area contributed by atoms with Crippen LogP contribution in [0.25, 0.3) is 83.6 Å². The molecule has 11 rings (SSSR count). The first-order valence-corrected chi connectivity index (χ1v) is 19.3. The maximum atomic E-state index is 5.14. The molecular weight excluding hydrogens is 667 g/mol. The van der Waals surface area contributed by atoms with Crippen molar-refractivity contribution in [3.8, 4) is 61.8 Å². The molecule has 0 amide bonds. The average Bonchev–Trinajstić information content (AvgIpc) is 3.78. The van der Waals surface area contributed by atoms with Crippen LogP contribution >= 0.6 is 0 Å². The summed E-state index contributed by atoms with van der Waals surface area (Å²) in [6.45, 7) is 9.69. The van der Waals surface area contributed by atoms with Gasteiger partial charge in [-0.3, -0.25) is 0 Å². The van der Waals surface area contributed by atoms with Gasteiger partial charge in [-0.05, 0) is 68.8 Å². The van der Waals surface area contributed by atoms with Gasteiger partial charge >= 0.3 is 0 Å². The molecule has 0 spiro atoms. The van der Waals surface area contributed by atoms with E-state index in [-0.39, 0.29) is 10.8 Å². The van der Waals surface area contributed by atoms with Crippen molar-refractivity contribution in [2.24, 2.45) is 0 Å². The second-order valence-electron chi connectivity index (χ2n) is 16.2. The Morgan fingerprint density at radius 1 is 0.455 bits per heavy atom. The maximum absolute atomic E-state index is 5.14. The molecule has 0 saturated carbocycles. The second-order valence-corrected chi connectivity index (χ2v) is 16.2. The van der Waals surface area contributed by atoms with Crippen LogP contribution in [0.1, 0.15) is 49.9 Å². The van der Waals surface area contributed by atoms with Crippen LogP contribution < -0.4 is 0 Å². The minimum Gasteiger partial charge on any atom is -0.309 e. The fourth-order valence-electron chi connectivity index (χ4n) is 9.87.